The quantitative estimate of drug-likeness (QED) is 0.237. The van der Waals surface area contributed by atoms with Gasteiger partial charge in [-0.05, 0) is 74.4 Å². The van der Waals surface area contributed by atoms with Gasteiger partial charge in [0.15, 0.2) is 0 Å². The number of rotatable bonds is 3. The van der Waals surface area contributed by atoms with Gasteiger partial charge in [-0.3, -0.25) is 0 Å². The molecule has 0 bridgehead atoms. The number of hydrogen-bond acceptors (Lipinski definition) is 3. The fraction of sp³-hybridized carbons (Fsp3) is 0.371. The van der Waals surface area contributed by atoms with Gasteiger partial charge in [0.05, 0.1) is 5.69 Å². The fourth-order valence-corrected chi connectivity index (χ4v) is 7.57. The van der Waals surface area contributed by atoms with Crippen LogP contribution in [0, 0.1) is 10.8 Å². The first kappa shape index (κ1) is 24.0. The fourth-order valence-electron chi connectivity index (χ4n) is 6.30. The molecule has 0 saturated carbocycles. The molecule has 2 heterocycles. The Morgan fingerprint density at radius 2 is 1.42 bits per heavy atom. The molecule has 38 heavy (non-hydrogen) atoms. The summed E-state index contributed by atoms with van der Waals surface area (Å²) in [5.41, 5.74) is 8.81. The summed E-state index contributed by atoms with van der Waals surface area (Å²) >= 11 is 1.73. The number of fused-ring (bicyclic) bond motifs is 3. The Morgan fingerprint density at radius 3 is 2.03 bits per heavy atom. The van der Waals surface area contributed by atoms with Gasteiger partial charge < -0.3 is 0 Å². The Morgan fingerprint density at radius 1 is 0.816 bits per heavy atom. The van der Waals surface area contributed by atoms with Crippen molar-refractivity contribution in [2.75, 3.05) is 0 Å². The van der Waals surface area contributed by atoms with Crippen molar-refractivity contribution < 1.29 is 1.37 Å². The first-order valence-corrected chi connectivity index (χ1v) is 14.5. The SMILES string of the molecule is [2H]c1nc2c3c(c(-c4cc(CC(C)(C)C)cc(CC(C)(C)C)c4)sc3n1)C(C)(C)c1cc3ccccc3cc1-2. The van der Waals surface area contributed by atoms with Crippen molar-refractivity contribution in [3.8, 4) is 21.7 Å². The van der Waals surface area contributed by atoms with Crippen LogP contribution < -0.4 is 0 Å². The van der Waals surface area contributed by atoms with Crippen molar-refractivity contribution in [2.24, 2.45) is 10.8 Å². The molecule has 0 spiro atoms. The van der Waals surface area contributed by atoms with Crippen LogP contribution in [0.3, 0.4) is 0 Å². The first-order chi connectivity index (χ1) is 18.2. The van der Waals surface area contributed by atoms with E-state index in [1.165, 1.54) is 43.5 Å². The predicted octanol–water partition coefficient (Wildman–Crippen LogP) is 9.99. The zero-order chi connectivity index (χ0) is 27.9. The Labute approximate surface area is 232 Å². The van der Waals surface area contributed by atoms with Crippen LogP contribution in [-0.4, -0.2) is 9.97 Å². The van der Waals surface area contributed by atoms with Gasteiger partial charge >= 0.3 is 0 Å². The molecule has 0 saturated heterocycles. The van der Waals surface area contributed by atoms with Crippen LogP contribution in [0.5, 0.6) is 0 Å². The molecule has 0 fully saturated rings. The lowest BCUT2D eigenvalue weighted by atomic mass is 9.69. The summed E-state index contributed by atoms with van der Waals surface area (Å²) in [5, 5.41) is 3.56. The van der Waals surface area contributed by atoms with Crippen LogP contribution >= 0.6 is 11.3 Å². The first-order valence-electron chi connectivity index (χ1n) is 14.2. The van der Waals surface area contributed by atoms with E-state index in [2.05, 4.69) is 115 Å². The van der Waals surface area contributed by atoms with Crippen LogP contribution in [0.25, 0.3) is 42.7 Å². The highest BCUT2D eigenvalue weighted by atomic mass is 32.1. The van der Waals surface area contributed by atoms with Gasteiger partial charge in [0.2, 0.25) is 0 Å². The average molecular weight is 520 g/mol. The molecule has 0 radical (unpaired) electrons. The molecule has 0 unspecified atom stereocenters. The lowest BCUT2D eigenvalue weighted by Crippen LogP contribution is -2.24. The minimum absolute atomic E-state index is 0.0885. The van der Waals surface area contributed by atoms with E-state index in [4.69, 9.17) is 6.35 Å². The van der Waals surface area contributed by atoms with E-state index < -0.39 is 0 Å². The van der Waals surface area contributed by atoms with E-state index >= 15 is 0 Å². The largest absolute Gasteiger partial charge is 0.236 e. The van der Waals surface area contributed by atoms with Gasteiger partial charge in [-0.25, -0.2) is 9.97 Å². The number of nitrogens with zero attached hydrogens (tertiary/aromatic N) is 2. The molecule has 1 aliphatic carbocycles. The maximum Gasteiger partial charge on any atom is 0.128 e. The minimum Gasteiger partial charge on any atom is -0.236 e. The Kier molecular flexibility index (Phi) is 5.36. The number of thiophene rings is 1. The molecule has 0 aliphatic heterocycles. The molecule has 1 aliphatic rings. The molecule has 0 N–H and O–H groups in total. The molecule has 2 nitrogen and oxygen atoms in total. The van der Waals surface area contributed by atoms with E-state index in [0.717, 1.165) is 34.3 Å². The summed E-state index contributed by atoms with van der Waals surface area (Å²) in [7, 11) is 0. The van der Waals surface area contributed by atoms with Crippen LogP contribution in [0.2, 0.25) is 0 Å². The van der Waals surface area contributed by atoms with E-state index in [9.17, 15) is 0 Å². The molecule has 0 atom stereocenters. The van der Waals surface area contributed by atoms with Gasteiger partial charge in [0.25, 0.3) is 0 Å². The molecule has 194 valence electrons. The van der Waals surface area contributed by atoms with Crippen molar-refractivity contribution in [3.05, 3.63) is 83.2 Å². The number of benzene rings is 3. The summed E-state index contributed by atoms with van der Waals surface area (Å²) in [6.45, 7) is 18.6. The van der Waals surface area contributed by atoms with E-state index in [0.29, 0.717) is 0 Å². The van der Waals surface area contributed by atoms with Crippen molar-refractivity contribution in [3.63, 3.8) is 0 Å². The average Bonchev–Trinajstić information content (AvgIpc) is 3.20. The molecule has 3 heteroatoms. The molecule has 2 aromatic heterocycles. The summed E-state index contributed by atoms with van der Waals surface area (Å²) in [4.78, 5) is 11.6. The molecule has 5 aromatic rings. The number of aromatic nitrogens is 2. The van der Waals surface area contributed by atoms with Crippen molar-refractivity contribution in [1.82, 2.24) is 9.97 Å². The second-order valence-corrected chi connectivity index (χ2v) is 15.0. The Hall–Kier alpha value is -3.04. The van der Waals surface area contributed by atoms with Crippen LogP contribution in [0.1, 0.15) is 79.0 Å². The van der Waals surface area contributed by atoms with E-state index in [-0.39, 0.29) is 22.5 Å². The molecule has 6 rings (SSSR count). The number of hydrogen-bond donors (Lipinski definition) is 0. The lowest BCUT2D eigenvalue weighted by molar-refractivity contribution is 0.406. The molecular formula is C35H38N2S. The monoisotopic (exact) mass is 519 g/mol. The lowest BCUT2D eigenvalue weighted by Gasteiger charge is -2.34. The van der Waals surface area contributed by atoms with Crippen LogP contribution in [-0.2, 0) is 18.3 Å². The summed E-state index contributed by atoms with van der Waals surface area (Å²) < 4.78 is 8.48. The molecule has 0 amide bonds. The highest BCUT2D eigenvalue weighted by molar-refractivity contribution is 7.22. The maximum atomic E-state index is 8.48. The van der Waals surface area contributed by atoms with Gasteiger partial charge in [-0.1, -0.05) is 97.9 Å². The zero-order valence-electron chi connectivity index (χ0n) is 24.9. The third-order valence-corrected chi connectivity index (χ3v) is 8.80. The minimum atomic E-state index is -0.239. The second kappa shape index (κ2) is 8.48. The van der Waals surface area contributed by atoms with Gasteiger partial charge in [-0.15, -0.1) is 11.3 Å². The van der Waals surface area contributed by atoms with Crippen molar-refractivity contribution in [2.45, 2.75) is 73.6 Å². The van der Waals surface area contributed by atoms with Gasteiger partial charge in [-0.2, -0.15) is 0 Å². The van der Waals surface area contributed by atoms with Gasteiger partial charge in [0.1, 0.15) is 12.5 Å². The normalized spacial score (nSPS) is 15.1. The van der Waals surface area contributed by atoms with Crippen molar-refractivity contribution >= 4 is 32.3 Å². The third kappa shape index (κ3) is 4.35. The van der Waals surface area contributed by atoms with Crippen LogP contribution in [0.15, 0.2) is 60.9 Å². The smallest absolute Gasteiger partial charge is 0.128 e. The highest BCUT2D eigenvalue weighted by Gasteiger charge is 2.38. The topological polar surface area (TPSA) is 25.8 Å². The van der Waals surface area contributed by atoms with Crippen molar-refractivity contribution in [1.29, 1.82) is 0 Å². The Balaban J connectivity index is 1.66. The van der Waals surface area contributed by atoms with E-state index in [1.807, 2.05) is 0 Å². The second-order valence-electron chi connectivity index (χ2n) is 14.0. The standard InChI is InChI=1S/C35H38N2S/c1-33(2,3)18-21-13-22(19-34(4,5)6)15-25(14-21)31-29-28-30(36-20-37-32(28)38-31)26-16-23-11-9-10-12-24(23)17-27(26)35(29,7)8/h9-17,20H,18-19H2,1-8H3/i20D. The molecular weight excluding hydrogens is 480 g/mol. The van der Waals surface area contributed by atoms with Gasteiger partial charge in [0, 0.05) is 21.2 Å². The Bertz CT molecular complexity index is 1730. The van der Waals surface area contributed by atoms with Crippen LogP contribution in [0.4, 0.5) is 0 Å². The maximum absolute atomic E-state index is 8.48. The highest BCUT2D eigenvalue weighted by Crippen LogP contribution is 2.55. The predicted molar refractivity (Wildman–Crippen MR) is 164 cm³/mol. The van der Waals surface area contributed by atoms with E-state index in [1.54, 1.807) is 11.3 Å². The third-order valence-electron chi connectivity index (χ3n) is 7.66. The summed E-state index contributed by atoms with van der Waals surface area (Å²) in [6.07, 6.45) is 2.14. The summed E-state index contributed by atoms with van der Waals surface area (Å²) in [5.74, 6) is 0. The summed E-state index contributed by atoms with van der Waals surface area (Å²) in [6, 6.07) is 20.4. The zero-order valence-corrected chi connectivity index (χ0v) is 24.7. The molecule has 3 aromatic carbocycles.